The monoisotopic (exact) mass is 296 g/mol. The summed E-state index contributed by atoms with van der Waals surface area (Å²) in [5.74, 6) is -0.0726. The van der Waals surface area contributed by atoms with Crippen molar-refractivity contribution in [3.05, 3.63) is 18.2 Å². The molecule has 0 fully saturated rings. The zero-order valence-electron chi connectivity index (χ0n) is 13.3. The topological polar surface area (TPSA) is 85.3 Å². The molecule has 2 amide bonds. The molecule has 1 atom stereocenters. The van der Waals surface area contributed by atoms with Crippen molar-refractivity contribution in [2.75, 3.05) is 6.54 Å². The number of ether oxygens (including phenoxy) is 1. The second-order valence-electron chi connectivity index (χ2n) is 5.86. The summed E-state index contributed by atoms with van der Waals surface area (Å²) < 4.78 is 7.11. The SMILES string of the molecule is CC(=O)NCCn1cncc1[C@H](C)NC(=O)OC(C)(C)C. The van der Waals surface area contributed by atoms with Crippen molar-refractivity contribution in [1.82, 2.24) is 20.2 Å². The third-order valence-electron chi connectivity index (χ3n) is 2.65. The van der Waals surface area contributed by atoms with Gasteiger partial charge in [-0.1, -0.05) is 0 Å². The Morgan fingerprint density at radius 1 is 1.43 bits per heavy atom. The molecule has 2 N–H and O–H groups in total. The highest BCUT2D eigenvalue weighted by Crippen LogP contribution is 2.13. The zero-order chi connectivity index (χ0) is 16.0. The molecule has 0 bridgehead atoms. The van der Waals surface area contributed by atoms with E-state index in [0.717, 1.165) is 5.69 Å². The van der Waals surface area contributed by atoms with E-state index < -0.39 is 11.7 Å². The molecule has 0 aromatic carbocycles. The quantitative estimate of drug-likeness (QED) is 0.864. The number of nitrogens with one attached hydrogen (secondary N) is 2. The van der Waals surface area contributed by atoms with Gasteiger partial charge in [0.2, 0.25) is 5.91 Å². The van der Waals surface area contributed by atoms with E-state index in [9.17, 15) is 9.59 Å². The second-order valence-corrected chi connectivity index (χ2v) is 5.86. The van der Waals surface area contributed by atoms with Gasteiger partial charge in [-0.05, 0) is 27.7 Å². The minimum atomic E-state index is -0.532. The van der Waals surface area contributed by atoms with Crippen LogP contribution in [0.3, 0.4) is 0 Å². The largest absolute Gasteiger partial charge is 0.444 e. The molecule has 7 nitrogen and oxygen atoms in total. The molecule has 0 spiro atoms. The Kier molecular flexibility index (Phi) is 5.75. The number of carbonyl (C=O) groups excluding carboxylic acids is 2. The Morgan fingerprint density at radius 2 is 2.10 bits per heavy atom. The highest BCUT2D eigenvalue weighted by molar-refractivity contribution is 5.72. The maximum absolute atomic E-state index is 11.8. The molecule has 0 radical (unpaired) electrons. The normalized spacial score (nSPS) is 12.6. The van der Waals surface area contributed by atoms with Crippen molar-refractivity contribution in [1.29, 1.82) is 0 Å². The summed E-state index contributed by atoms with van der Waals surface area (Å²) in [6.45, 7) is 9.88. The third-order valence-corrected chi connectivity index (χ3v) is 2.65. The molecule has 118 valence electrons. The van der Waals surface area contributed by atoms with Crippen LogP contribution in [0.1, 0.15) is 46.4 Å². The van der Waals surface area contributed by atoms with Gasteiger partial charge in [-0.15, -0.1) is 0 Å². The van der Waals surface area contributed by atoms with Crippen LogP contribution in [0, 0.1) is 0 Å². The summed E-state index contributed by atoms with van der Waals surface area (Å²) >= 11 is 0. The van der Waals surface area contributed by atoms with Gasteiger partial charge in [0.25, 0.3) is 0 Å². The molecular formula is C14H24N4O3. The Morgan fingerprint density at radius 3 is 2.67 bits per heavy atom. The number of amides is 2. The van der Waals surface area contributed by atoms with E-state index in [1.165, 1.54) is 6.92 Å². The van der Waals surface area contributed by atoms with Crippen LogP contribution in [-0.4, -0.2) is 33.7 Å². The van der Waals surface area contributed by atoms with Gasteiger partial charge in [0.05, 0.1) is 24.3 Å². The third kappa shape index (κ3) is 6.29. The molecule has 0 aliphatic heterocycles. The Bertz CT molecular complexity index is 491. The van der Waals surface area contributed by atoms with Gasteiger partial charge >= 0.3 is 6.09 Å². The van der Waals surface area contributed by atoms with Gasteiger partial charge in [0, 0.05) is 20.0 Å². The van der Waals surface area contributed by atoms with Crippen LogP contribution in [0.15, 0.2) is 12.5 Å². The van der Waals surface area contributed by atoms with Gasteiger partial charge < -0.3 is 19.9 Å². The molecule has 1 heterocycles. The first kappa shape index (κ1) is 17.0. The second kappa shape index (κ2) is 7.10. The molecule has 1 rings (SSSR count). The van der Waals surface area contributed by atoms with Gasteiger partial charge in [0.1, 0.15) is 5.60 Å². The van der Waals surface area contributed by atoms with Crippen LogP contribution in [0.2, 0.25) is 0 Å². The standard InChI is InChI=1S/C14H24N4O3/c1-10(17-13(20)21-14(3,4)5)12-8-15-9-18(12)7-6-16-11(2)19/h8-10H,6-7H2,1-5H3,(H,16,19)(H,17,20)/t10-/m0/s1. The van der Waals surface area contributed by atoms with Crippen molar-refractivity contribution >= 4 is 12.0 Å². The van der Waals surface area contributed by atoms with Crippen molar-refractivity contribution in [3.63, 3.8) is 0 Å². The lowest BCUT2D eigenvalue weighted by Crippen LogP contribution is -2.35. The molecule has 1 aromatic heterocycles. The maximum Gasteiger partial charge on any atom is 0.408 e. The van der Waals surface area contributed by atoms with Crippen LogP contribution in [0.4, 0.5) is 4.79 Å². The van der Waals surface area contributed by atoms with Crippen LogP contribution in [-0.2, 0) is 16.1 Å². The maximum atomic E-state index is 11.8. The molecule has 0 unspecified atom stereocenters. The number of imidazole rings is 1. The van der Waals surface area contributed by atoms with E-state index in [2.05, 4.69) is 15.6 Å². The summed E-state index contributed by atoms with van der Waals surface area (Å²) in [4.78, 5) is 26.7. The minimum Gasteiger partial charge on any atom is -0.444 e. The Hall–Kier alpha value is -2.05. The van der Waals surface area contributed by atoms with Crippen LogP contribution < -0.4 is 10.6 Å². The van der Waals surface area contributed by atoms with Gasteiger partial charge in [-0.2, -0.15) is 0 Å². The van der Waals surface area contributed by atoms with E-state index >= 15 is 0 Å². The first-order valence-corrected chi connectivity index (χ1v) is 6.93. The Balaban J connectivity index is 2.58. The summed E-state index contributed by atoms with van der Waals surface area (Å²) in [5, 5.41) is 5.49. The molecule has 1 aromatic rings. The summed E-state index contributed by atoms with van der Waals surface area (Å²) in [5.41, 5.74) is 0.321. The molecular weight excluding hydrogens is 272 g/mol. The fourth-order valence-electron chi connectivity index (χ4n) is 1.79. The van der Waals surface area contributed by atoms with E-state index in [1.54, 1.807) is 12.5 Å². The van der Waals surface area contributed by atoms with Crippen molar-refractivity contribution in [2.24, 2.45) is 0 Å². The van der Waals surface area contributed by atoms with E-state index in [4.69, 9.17) is 4.74 Å². The van der Waals surface area contributed by atoms with Crippen LogP contribution >= 0.6 is 0 Å². The van der Waals surface area contributed by atoms with Gasteiger partial charge in [-0.3, -0.25) is 4.79 Å². The number of hydrogen-bond donors (Lipinski definition) is 2. The fraction of sp³-hybridized carbons (Fsp3) is 0.643. The molecule has 7 heteroatoms. The van der Waals surface area contributed by atoms with Crippen LogP contribution in [0.5, 0.6) is 0 Å². The highest BCUT2D eigenvalue weighted by atomic mass is 16.6. The van der Waals surface area contributed by atoms with Crippen molar-refractivity contribution in [2.45, 2.75) is 52.8 Å². The van der Waals surface area contributed by atoms with Gasteiger partial charge in [0.15, 0.2) is 0 Å². The van der Waals surface area contributed by atoms with E-state index in [-0.39, 0.29) is 11.9 Å². The molecule has 21 heavy (non-hydrogen) atoms. The molecule has 0 saturated carbocycles. The van der Waals surface area contributed by atoms with Crippen molar-refractivity contribution < 1.29 is 14.3 Å². The molecule has 0 saturated heterocycles. The summed E-state index contributed by atoms with van der Waals surface area (Å²) in [6.07, 6.45) is 2.89. The first-order chi connectivity index (χ1) is 9.69. The predicted molar refractivity (Wildman–Crippen MR) is 78.7 cm³/mol. The highest BCUT2D eigenvalue weighted by Gasteiger charge is 2.19. The lowest BCUT2D eigenvalue weighted by atomic mass is 10.2. The van der Waals surface area contributed by atoms with Crippen molar-refractivity contribution in [3.8, 4) is 0 Å². The summed E-state index contributed by atoms with van der Waals surface area (Å²) in [6, 6.07) is -0.236. The Labute approximate surface area is 125 Å². The number of nitrogens with zero attached hydrogens (tertiary/aromatic N) is 2. The fourth-order valence-corrected chi connectivity index (χ4v) is 1.79. The first-order valence-electron chi connectivity index (χ1n) is 6.93. The lowest BCUT2D eigenvalue weighted by Gasteiger charge is -2.22. The number of rotatable bonds is 5. The predicted octanol–water partition coefficient (Wildman–Crippen LogP) is 1.60. The average Bonchev–Trinajstić information content (AvgIpc) is 2.73. The zero-order valence-corrected chi connectivity index (χ0v) is 13.3. The number of aromatic nitrogens is 2. The average molecular weight is 296 g/mol. The molecule has 0 aliphatic rings. The smallest absolute Gasteiger partial charge is 0.408 e. The number of hydrogen-bond acceptors (Lipinski definition) is 4. The van der Waals surface area contributed by atoms with Crippen LogP contribution in [0.25, 0.3) is 0 Å². The molecule has 0 aliphatic carbocycles. The van der Waals surface area contributed by atoms with E-state index in [0.29, 0.717) is 13.1 Å². The lowest BCUT2D eigenvalue weighted by molar-refractivity contribution is -0.118. The minimum absolute atomic E-state index is 0.0726. The number of carbonyl (C=O) groups is 2. The summed E-state index contributed by atoms with van der Waals surface area (Å²) in [7, 11) is 0. The van der Waals surface area contributed by atoms with E-state index in [1.807, 2.05) is 32.3 Å². The van der Waals surface area contributed by atoms with Gasteiger partial charge in [-0.25, -0.2) is 9.78 Å². The number of alkyl carbamates (subject to hydrolysis) is 1.